The Morgan fingerprint density at radius 3 is 2.59 bits per heavy atom. The number of rotatable bonds is 5. The predicted molar refractivity (Wildman–Crippen MR) is 107 cm³/mol. The van der Waals surface area contributed by atoms with E-state index in [0.717, 1.165) is 25.1 Å². The van der Waals surface area contributed by atoms with Crippen LogP contribution in [-0.4, -0.2) is 50.2 Å². The molecule has 0 bridgehead atoms. The van der Waals surface area contributed by atoms with Gasteiger partial charge in [-0.2, -0.15) is 0 Å². The van der Waals surface area contributed by atoms with E-state index in [4.69, 9.17) is 21.1 Å². The van der Waals surface area contributed by atoms with Crippen molar-refractivity contribution in [3.8, 4) is 11.5 Å². The minimum Gasteiger partial charge on any atom is -0.494 e. The summed E-state index contributed by atoms with van der Waals surface area (Å²) < 4.78 is 11.3. The second-order valence-electron chi connectivity index (χ2n) is 6.96. The Labute approximate surface area is 165 Å². The standard InChI is InChI=1S/C21H25ClN2O3/c1-23(2)21(25)27-18-7-4-15-10-12-24(3)20(19(15)14-18)11-13-26-17-8-5-16(22)6-9-17/h4-9,14,20H,10-13H2,1-3H3. The summed E-state index contributed by atoms with van der Waals surface area (Å²) >= 11 is 5.91. The van der Waals surface area contributed by atoms with Crippen molar-refractivity contribution in [2.45, 2.75) is 18.9 Å². The molecule has 3 rings (SSSR count). The minimum atomic E-state index is -0.373. The molecule has 144 valence electrons. The number of hydrogen-bond donors (Lipinski definition) is 0. The van der Waals surface area contributed by atoms with E-state index >= 15 is 0 Å². The number of carbonyl (C=O) groups is 1. The molecule has 27 heavy (non-hydrogen) atoms. The average molecular weight is 389 g/mol. The van der Waals surface area contributed by atoms with Gasteiger partial charge in [-0.15, -0.1) is 0 Å². The Hall–Kier alpha value is -2.24. The fourth-order valence-electron chi connectivity index (χ4n) is 3.25. The third-order valence-electron chi connectivity index (χ3n) is 4.79. The van der Waals surface area contributed by atoms with Crippen molar-refractivity contribution in [1.29, 1.82) is 0 Å². The highest BCUT2D eigenvalue weighted by atomic mass is 35.5. The lowest BCUT2D eigenvalue weighted by molar-refractivity contribution is 0.170. The number of amides is 1. The molecule has 0 saturated heterocycles. The Balaban J connectivity index is 1.70. The van der Waals surface area contributed by atoms with Crippen molar-refractivity contribution in [3.05, 3.63) is 58.6 Å². The number of ether oxygens (including phenoxy) is 2. The smallest absolute Gasteiger partial charge is 0.414 e. The lowest BCUT2D eigenvalue weighted by atomic mass is 9.91. The van der Waals surface area contributed by atoms with Gasteiger partial charge in [0.15, 0.2) is 0 Å². The summed E-state index contributed by atoms with van der Waals surface area (Å²) in [6.45, 7) is 1.59. The molecule has 1 amide bonds. The molecule has 5 nitrogen and oxygen atoms in total. The topological polar surface area (TPSA) is 42.0 Å². The molecule has 1 aliphatic rings. The van der Waals surface area contributed by atoms with E-state index in [0.29, 0.717) is 17.4 Å². The SMILES string of the molecule is CN(C)C(=O)Oc1ccc2c(c1)C(CCOc1ccc(Cl)cc1)N(C)CC2. The summed E-state index contributed by atoms with van der Waals surface area (Å²) in [4.78, 5) is 15.6. The molecule has 2 aromatic carbocycles. The lowest BCUT2D eigenvalue weighted by Crippen LogP contribution is -2.33. The van der Waals surface area contributed by atoms with E-state index in [2.05, 4.69) is 18.0 Å². The zero-order valence-corrected chi connectivity index (χ0v) is 16.7. The van der Waals surface area contributed by atoms with Gasteiger partial charge in [-0.25, -0.2) is 4.79 Å². The number of hydrogen-bond acceptors (Lipinski definition) is 4. The minimum absolute atomic E-state index is 0.221. The van der Waals surface area contributed by atoms with Crippen LogP contribution in [0.3, 0.4) is 0 Å². The molecule has 6 heteroatoms. The molecular weight excluding hydrogens is 364 g/mol. The van der Waals surface area contributed by atoms with E-state index in [1.807, 2.05) is 36.4 Å². The van der Waals surface area contributed by atoms with E-state index in [9.17, 15) is 4.79 Å². The van der Waals surface area contributed by atoms with Gasteiger partial charge >= 0.3 is 6.09 Å². The molecule has 0 radical (unpaired) electrons. The van der Waals surface area contributed by atoms with Crippen molar-refractivity contribution in [3.63, 3.8) is 0 Å². The summed E-state index contributed by atoms with van der Waals surface area (Å²) in [6.07, 6.45) is 1.46. The number of nitrogens with zero attached hydrogens (tertiary/aromatic N) is 2. The third-order valence-corrected chi connectivity index (χ3v) is 5.04. The molecule has 1 heterocycles. The van der Waals surface area contributed by atoms with Gasteiger partial charge in [0.25, 0.3) is 0 Å². The molecule has 0 aliphatic carbocycles. The summed E-state index contributed by atoms with van der Waals surface area (Å²) in [6, 6.07) is 13.5. The van der Waals surface area contributed by atoms with Gasteiger partial charge in [0, 0.05) is 38.1 Å². The second-order valence-corrected chi connectivity index (χ2v) is 7.40. The zero-order chi connectivity index (χ0) is 19.4. The maximum Gasteiger partial charge on any atom is 0.414 e. The largest absolute Gasteiger partial charge is 0.494 e. The summed E-state index contributed by atoms with van der Waals surface area (Å²) in [5.74, 6) is 1.39. The number of benzene rings is 2. The van der Waals surface area contributed by atoms with Gasteiger partial charge < -0.3 is 14.4 Å². The fourth-order valence-corrected chi connectivity index (χ4v) is 3.38. The Morgan fingerprint density at radius 1 is 1.19 bits per heavy atom. The van der Waals surface area contributed by atoms with Gasteiger partial charge in [0.1, 0.15) is 11.5 Å². The van der Waals surface area contributed by atoms with E-state index in [1.165, 1.54) is 16.0 Å². The first-order chi connectivity index (χ1) is 12.9. The van der Waals surface area contributed by atoms with Crippen molar-refractivity contribution in [2.75, 3.05) is 34.3 Å². The molecule has 0 aromatic heterocycles. The highest BCUT2D eigenvalue weighted by molar-refractivity contribution is 6.30. The molecule has 1 atom stereocenters. The summed E-state index contributed by atoms with van der Waals surface area (Å²) in [5, 5.41) is 0.697. The Bertz CT molecular complexity index is 793. The quantitative estimate of drug-likeness (QED) is 0.761. The molecule has 0 saturated carbocycles. The summed E-state index contributed by atoms with van der Waals surface area (Å²) in [7, 11) is 5.46. The van der Waals surface area contributed by atoms with Gasteiger partial charge in [0.2, 0.25) is 0 Å². The van der Waals surface area contributed by atoms with Crippen LogP contribution in [0.5, 0.6) is 11.5 Å². The maximum atomic E-state index is 11.8. The highest BCUT2D eigenvalue weighted by Gasteiger charge is 2.25. The predicted octanol–water partition coefficient (Wildman–Crippen LogP) is 4.40. The van der Waals surface area contributed by atoms with Gasteiger partial charge in [-0.05, 0) is 61.0 Å². The molecule has 0 fully saturated rings. The number of likely N-dealkylation sites (N-methyl/N-ethyl adjacent to an activating group) is 1. The maximum absolute atomic E-state index is 11.8. The first-order valence-corrected chi connectivity index (χ1v) is 9.42. The average Bonchev–Trinajstić information content (AvgIpc) is 2.65. The van der Waals surface area contributed by atoms with Gasteiger partial charge in [0.05, 0.1) is 6.61 Å². The van der Waals surface area contributed by atoms with Gasteiger partial charge in [-0.3, -0.25) is 4.90 Å². The zero-order valence-electron chi connectivity index (χ0n) is 15.9. The molecule has 1 unspecified atom stereocenters. The normalized spacial score (nSPS) is 16.5. The molecule has 0 N–H and O–H groups in total. The van der Waals surface area contributed by atoms with Gasteiger partial charge in [-0.1, -0.05) is 17.7 Å². The molecule has 0 spiro atoms. The van der Waals surface area contributed by atoms with Crippen molar-refractivity contribution >= 4 is 17.7 Å². The fraction of sp³-hybridized carbons (Fsp3) is 0.381. The number of carbonyl (C=O) groups excluding carboxylic acids is 1. The Kier molecular flexibility index (Phi) is 6.24. The highest BCUT2D eigenvalue weighted by Crippen LogP contribution is 2.34. The van der Waals surface area contributed by atoms with Crippen LogP contribution in [0, 0.1) is 0 Å². The lowest BCUT2D eigenvalue weighted by Gasteiger charge is -2.35. The van der Waals surface area contributed by atoms with Crippen molar-refractivity contribution in [2.24, 2.45) is 0 Å². The van der Waals surface area contributed by atoms with E-state index in [-0.39, 0.29) is 12.1 Å². The van der Waals surface area contributed by atoms with Crippen LogP contribution in [0.15, 0.2) is 42.5 Å². The number of fused-ring (bicyclic) bond motifs is 1. The Morgan fingerprint density at radius 2 is 1.89 bits per heavy atom. The van der Waals surface area contributed by atoms with Crippen molar-refractivity contribution in [1.82, 2.24) is 9.80 Å². The van der Waals surface area contributed by atoms with Crippen LogP contribution >= 0.6 is 11.6 Å². The number of halogens is 1. The molecular formula is C21H25ClN2O3. The van der Waals surface area contributed by atoms with E-state index < -0.39 is 0 Å². The molecule has 1 aliphatic heterocycles. The third kappa shape index (κ3) is 4.93. The summed E-state index contributed by atoms with van der Waals surface area (Å²) in [5.41, 5.74) is 2.50. The van der Waals surface area contributed by atoms with Crippen molar-refractivity contribution < 1.29 is 14.3 Å². The first-order valence-electron chi connectivity index (χ1n) is 9.04. The van der Waals surface area contributed by atoms with Crippen LogP contribution in [0.2, 0.25) is 5.02 Å². The van der Waals surface area contributed by atoms with Crippen LogP contribution in [0.1, 0.15) is 23.6 Å². The van der Waals surface area contributed by atoms with Crippen LogP contribution < -0.4 is 9.47 Å². The monoisotopic (exact) mass is 388 g/mol. The van der Waals surface area contributed by atoms with Crippen LogP contribution in [0.4, 0.5) is 4.79 Å². The van der Waals surface area contributed by atoms with Crippen LogP contribution in [-0.2, 0) is 6.42 Å². The van der Waals surface area contributed by atoms with Crippen LogP contribution in [0.25, 0.3) is 0 Å². The van der Waals surface area contributed by atoms with E-state index in [1.54, 1.807) is 14.1 Å². The molecule has 2 aromatic rings. The first kappa shape index (κ1) is 19.5. The second kappa shape index (κ2) is 8.63.